The molecule has 0 radical (unpaired) electrons. The van der Waals surface area contributed by atoms with Crippen molar-refractivity contribution in [2.75, 3.05) is 0 Å². The van der Waals surface area contributed by atoms with Crippen molar-refractivity contribution in [1.82, 2.24) is 9.55 Å². The van der Waals surface area contributed by atoms with Gasteiger partial charge in [0.2, 0.25) is 0 Å². The number of imidazole rings is 1. The maximum absolute atomic E-state index is 9.61. The van der Waals surface area contributed by atoms with Crippen LogP contribution in [0.15, 0.2) is 218 Å². The summed E-state index contributed by atoms with van der Waals surface area (Å²) in [5.41, 5.74) is 2.11. The quantitative estimate of drug-likeness (QED) is 0.155. The topological polar surface area (TPSA) is 17.8 Å². The second-order valence-corrected chi connectivity index (χ2v) is 13.4. The molecule has 10 aromatic carbocycles. The zero-order valence-electron chi connectivity index (χ0n) is 47.8. The van der Waals surface area contributed by atoms with Crippen molar-refractivity contribution in [3.8, 4) is 61.6 Å². The third kappa shape index (κ3) is 5.61. The molecule has 0 aliphatic rings. The molecule has 266 valence electrons. The Balaban J connectivity index is 1.27. The highest BCUT2D eigenvalue weighted by Crippen LogP contribution is 2.45. The van der Waals surface area contributed by atoms with Gasteiger partial charge in [-0.25, -0.2) is 4.98 Å². The third-order valence-corrected chi connectivity index (χ3v) is 10.2. The molecule has 0 aliphatic carbocycles. The summed E-state index contributed by atoms with van der Waals surface area (Å²) < 4.78 is 163. The summed E-state index contributed by atoms with van der Waals surface area (Å²) in [6, 6.07) is 20.6. The molecule has 1 aromatic heterocycles. The summed E-state index contributed by atoms with van der Waals surface area (Å²) in [6.07, 6.45) is 0. The zero-order valence-corrected chi connectivity index (χ0v) is 29.8. The highest BCUT2D eigenvalue weighted by molar-refractivity contribution is 6.21. The Kier molecular flexibility index (Phi) is 4.63. The van der Waals surface area contributed by atoms with E-state index in [1.54, 1.807) is 24.3 Å². The van der Waals surface area contributed by atoms with Crippen molar-refractivity contribution < 1.29 is 24.7 Å². The molecule has 57 heavy (non-hydrogen) atoms. The van der Waals surface area contributed by atoms with Crippen molar-refractivity contribution in [3.05, 3.63) is 218 Å². The van der Waals surface area contributed by atoms with E-state index in [4.69, 9.17) is 24.2 Å². The average Bonchev–Trinajstić information content (AvgIpc) is 3.83. The molecule has 0 aliphatic heterocycles. The summed E-state index contributed by atoms with van der Waals surface area (Å²) in [7, 11) is 0. The number of aromatic nitrogens is 2. The Labute approximate surface area is 356 Å². The van der Waals surface area contributed by atoms with Crippen LogP contribution < -0.4 is 0 Å². The van der Waals surface area contributed by atoms with Gasteiger partial charge < -0.3 is 0 Å². The smallest absolute Gasteiger partial charge is 0.145 e. The van der Waals surface area contributed by atoms with Crippen LogP contribution in [0.2, 0.25) is 0 Å². The molecule has 11 aromatic rings. The number of benzene rings is 10. The van der Waals surface area contributed by atoms with Gasteiger partial charge >= 0.3 is 0 Å². The van der Waals surface area contributed by atoms with Crippen LogP contribution in [-0.4, -0.2) is 9.55 Å². The Morgan fingerprint density at radius 2 is 0.860 bits per heavy atom. The van der Waals surface area contributed by atoms with Crippen LogP contribution in [0.1, 0.15) is 24.7 Å². The molecular formula is C55H36N2. The molecule has 0 bridgehead atoms. The molecule has 0 fully saturated rings. The number of hydrogen-bond donors (Lipinski definition) is 0. The molecule has 0 atom stereocenters. The van der Waals surface area contributed by atoms with Crippen LogP contribution in [0.4, 0.5) is 0 Å². The van der Waals surface area contributed by atoms with Gasteiger partial charge in [-0.1, -0.05) is 182 Å². The second kappa shape index (κ2) is 13.6. The lowest BCUT2D eigenvalue weighted by Crippen LogP contribution is -1.98. The Bertz CT molecular complexity index is 4110. The van der Waals surface area contributed by atoms with Gasteiger partial charge in [0.05, 0.1) is 41.4 Å². The molecule has 0 amide bonds. The van der Waals surface area contributed by atoms with Gasteiger partial charge in [-0.2, -0.15) is 0 Å². The molecule has 0 saturated carbocycles. The molecule has 0 unspecified atom stereocenters. The van der Waals surface area contributed by atoms with Gasteiger partial charge in [0, 0.05) is 10.9 Å². The number of nitrogens with zero attached hydrogens (tertiary/aromatic N) is 2. The fourth-order valence-electron chi connectivity index (χ4n) is 7.70. The van der Waals surface area contributed by atoms with E-state index in [0.29, 0.717) is 17.0 Å². The first-order chi connectivity index (χ1) is 35.7. The SMILES string of the molecule is [2H]c1c([2H])c([2H])c(-c2cc(-c3c([2H])c([2H])c([2H])c([2H])c3[2H])cc(-c3c4c([2H])c([2H])c([2H])c([2H])c4c(-c4ccc(-c5nc6ccccc6n5-c5cccc6ccccc56)cc4)c4c([2H])c([2H])c([2H])c([2H])c34)c2)c([2H])c1[2H]. The largest absolute Gasteiger partial charge is 0.292 e. The van der Waals surface area contributed by atoms with E-state index in [2.05, 4.69) is 4.57 Å². The van der Waals surface area contributed by atoms with E-state index in [-0.39, 0.29) is 60.5 Å². The van der Waals surface area contributed by atoms with Crippen molar-refractivity contribution in [1.29, 1.82) is 0 Å². The van der Waals surface area contributed by atoms with Gasteiger partial charge in [-0.05, 0) is 108 Å². The third-order valence-electron chi connectivity index (χ3n) is 10.2. The minimum absolute atomic E-state index is 0.0319. The summed E-state index contributed by atoms with van der Waals surface area (Å²) in [5.74, 6) is 0.571. The number of hydrogen-bond acceptors (Lipinski definition) is 1. The molecule has 1 heterocycles. The fourth-order valence-corrected chi connectivity index (χ4v) is 7.70. The van der Waals surface area contributed by atoms with E-state index >= 15 is 0 Å². The first kappa shape index (κ1) is 19.4. The van der Waals surface area contributed by atoms with E-state index < -0.39 is 109 Å². The Morgan fingerprint density at radius 3 is 1.49 bits per heavy atom. The van der Waals surface area contributed by atoms with Crippen LogP contribution in [-0.2, 0) is 0 Å². The lowest BCUT2D eigenvalue weighted by molar-refractivity contribution is 1.11. The summed E-state index contributed by atoms with van der Waals surface area (Å²) in [6.45, 7) is 0. The Hall–Kier alpha value is -7.55. The van der Waals surface area contributed by atoms with Crippen LogP contribution in [0.3, 0.4) is 0 Å². The highest BCUT2D eigenvalue weighted by atomic mass is 15.1. The zero-order chi connectivity index (χ0) is 53.4. The second-order valence-electron chi connectivity index (χ2n) is 13.4. The number of rotatable bonds is 6. The van der Waals surface area contributed by atoms with Gasteiger partial charge in [-0.3, -0.25) is 4.57 Å². The monoisotopic (exact) mass is 742 g/mol. The summed E-state index contributed by atoms with van der Waals surface area (Å²) >= 11 is 0. The maximum atomic E-state index is 9.61. The summed E-state index contributed by atoms with van der Waals surface area (Å²) in [5, 5.41) is 1.24. The lowest BCUT2D eigenvalue weighted by Gasteiger charge is -2.19. The van der Waals surface area contributed by atoms with Crippen LogP contribution in [0.25, 0.3) is 105 Å². The molecule has 2 heteroatoms. The van der Waals surface area contributed by atoms with E-state index in [1.165, 1.54) is 18.2 Å². The van der Waals surface area contributed by atoms with E-state index in [9.17, 15) is 5.48 Å². The predicted octanol–water partition coefficient (Wildman–Crippen LogP) is 14.8. The minimum Gasteiger partial charge on any atom is -0.292 e. The van der Waals surface area contributed by atoms with Crippen LogP contribution in [0, 0.1) is 0 Å². The molecule has 2 nitrogen and oxygen atoms in total. The molecule has 11 rings (SSSR count). The van der Waals surface area contributed by atoms with Crippen molar-refractivity contribution in [2.45, 2.75) is 0 Å². The highest BCUT2D eigenvalue weighted by Gasteiger charge is 2.20. The van der Waals surface area contributed by atoms with E-state index in [1.807, 2.05) is 66.7 Å². The van der Waals surface area contributed by atoms with Gasteiger partial charge in [0.25, 0.3) is 0 Å². The molecular weight excluding hydrogens is 689 g/mol. The van der Waals surface area contributed by atoms with Crippen molar-refractivity contribution in [3.63, 3.8) is 0 Å². The number of fused-ring (bicyclic) bond motifs is 4. The first-order valence-corrected chi connectivity index (χ1v) is 18.1. The predicted molar refractivity (Wildman–Crippen MR) is 241 cm³/mol. The van der Waals surface area contributed by atoms with Crippen molar-refractivity contribution >= 4 is 43.4 Å². The minimum atomic E-state index is -0.707. The lowest BCUT2D eigenvalue weighted by atomic mass is 9.84. The van der Waals surface area contributed by atoms with Gasteiger partial charge in [0.1, 0.15) is 5.82 Å². The molecule has 0 spiro atoms. The van der Waals surface area contributed by atoms with Crippen LogP contribution in [0.5, 0.6) is 0 Å². The van der Waals surface area contributed by atoms with Crippen molar-refractivity contribution in [2.24, 2.45) is 0 Å². The summed E-state index contributed by atoms with van der Waals surface area (Å²) in [4.78, 5) is 5.07. The Morgan fingerprint density at radius 1 is 0.368 bits per heavy atom. The van der Waals surface area contributed by atoms with Gasteiger partial charge in [-0.15, -0.1) is 0 Å². The number of para-hydroxylation sites is 2. The maximum Gasteiger partial charge on any atom is 0.145 e. The van der Waals surface area contributed by atoms with Gasteiger partial charge in [0.15, 0.2) is 0 Å². The fraction of sp³-hybridized carbons (Fsp3) is 0. The van der Waals surface area contributed by atoms with Crippen LogP contribution >= 0.6 is 0 Å². The average molecular weight is 743 g/mol. The standard InChI is InChI=1S/C55H36N2/c1-3-16-37(17-4-1)42-34-43(38-18-5-2-6-19-38)36-44(35-42)54-48-25-11-9-23-46(48)53(47-24-10-12-26-49(47)54)40-30-32-41(33-31-40)55-56-50-27-13-14-28-52(50)57(55)51-29-15-21-39-20-7-8-22-45(39)51/h1-36H/i1D,2D,3D,4D,5D,6D,9D,10D,11D,12D,16D,17D,18D,19D,23D,24D,25D,26D. The molecule has 0 saturated heterocycles. The normalized spacial score (nSPS) is 15.9. The van der Waals surface area contributed by atoms with E-state index in [0.717, 1.165) is 27.5 Å². The molecule has 0 N–H and O–H groups in total. The first-order valence-electron chi connectivity index (χ1n) is 27.1.